The Bertz CT molecular complexity index is 583. The van der Waals surface area contributed by atoms with Crippen molar-refractivity contribution in [3.8, 4) is 0 Å². The third kappa shape index (κ3) is 5.13. The lowest BCUT2D eigenvalue weighted by Crippen LogP contribution is -2.31. The highest BCUT2D eigenvalue weighted by Gasteiger charge is 2.26. The predicted octanol–water partition coefficient (Wildman–Crippen LogP) is 5.17. The average Bonchev–Trinajstić information content (AvgIpc) is 3.00. The molecule has 1 aromatic rings. The van der Waals surface area contributed by atoms with Gasteiger partial charge >= 0.3 is 6.03 Å². The Balaban J connectivity index is 2.14. The fourth-order valence-corrected chi connectivity index (χ4v) is 3.68. The van der Waals surface area contributed by atoms with E-state index in [9.17, 15) is 4.79 Å². The van der Waals surface area contributed by atoms with Gasteiger partial charge in [0.2, 0.25) is 0 Å². The van der Waals surface area contributed by atoms with Crippen molar-refractivity contribution in [3.05, 3.63) is 22.8 Å². The number of nitrogens with zero attached hydrogens (tertiary/aromatic N) is 1. The first-order chi connectivity index (χ1) is 12.1. The van der Waals surface area contributed by atoms with Crippen LogP contribution < -0.4 is 15.5 Å². The fourth-order valence-electron chi connectivity index (χ4n) is 3.68. The maximum absolute atomic E-state index is 12.3. The molecule has 0 spiro atoms. The number of hydrogen-bond donors (Lipinski definition) is 2. The summed E-state index contributed by atoms with van der Waals surface area (Å²) in [7, 11) is 0. The molecule has 4 heteroatoms. The maximum Gasteiger partial charge on any atom is 0.319 e. The number of amides is 2. The van der Waals surface area contributed by atoms with Gasteiger partial charge in [0.25, 0.3) is 0 Å². The standard InChI is InChI=1S/C21H35N3O/c1-5-7-9-10-13-24-14-11-18-16(3)15-17(4)19(20(18)24)23-21(25)22-12-8-6-2/h15H,5-14H2,1-4H3,(H2,22,23,25). The molecule has 2 N–H and O–H groups in total. The maximum atomic E-state index is 12.3. The van der Waals surface area contributed by atoms with Crippen LogP contribution in [0.3, 0.4) is 0 Å². The van der Waals surface area contributed by atoms with Crippen molar-refractivity contribution in [1.29, 1.82) is 0 Å². The largest absolute Gasteiger partial charge is 0.369 e. The summed E-state index contributed by atoms with van der Waals surface area (Å²) in [5.74, 6) is 0. The summed E-state index contributed by atoms with van der Waals surface area (Å²) in [6.45, 7) is 11.6. The number of rotatable bonds is 9. The highest BCUT2D eigenvalue weighted by Crippen LogP contribution is 2.40. The van der Waals surface area contributed by atoms with E-state index in [1.54, 1.807) is 0 Å². The van der Waals surface area contributed by atoms with E-state index in [1.165, 1.54) is 42.5 Å². The van der Waals surface area contributed by atoms with Gasteiger partial charge in [0.15, 0.2) is 0 Å². The third-order valence-corrected chi connectivity index (χ3v) is 5.11. The van der Waals surface area contributed by atoms with Crippen molar-refractivity contribution in [3.63, 3.8) is 0 Å². The summed E-state index contributed by atoms with van der Waals surface area (Å²) in [6, 6.07) is 2.13. The molecule has 4 nitrogen and oxygen atoms in total. The van der Waals surface area contributed by atoms with Crippen LogP contribution in [0.5, 0.6) is 0 Å². The Labute approximate surface area is 153 Å². The van der Waals surface area contributed by atoms with Crippen LogP contribution in [-0.4, -0.2) is 25.7 Å². The third-order valence-electron chi connectivity index (χ3n) is 5.11. The number of benzene rings is 1. The molecule has 0 atom stereocenters. The quantitative estimate of drug-likeness (QED) is 0.607. The number of nitrogens with one attached hydrogen (secondary N) is 2. The van der Waals surface area contributed by atoms with Gasteiger partial charge in [-0.25, -0.2) is 4.79 Å². The lowest BCUT2D eigenvalue weighted by atomic mass is 10.0. The second-order valence-corrected chi connectivity index (χ2v) is 7.24. The summed E-state index contributed by atoms with van der Waals surface area (Å²) >= 11 is 0. The van der Waals surface area contributed by atoms with E-state index < -0.39 is 0 Å². The van der Waals surface area contributed by atoms with Crippen molar-refractivity contribution in [2.45, 2.75) is 72.6 Å². The lowest BCUT2D eigenvalue weighted by Gasteiger charge is -2.24. The molecule has 25 heavy (non-hydrogen) atoms. The molecule has 0 aromatic heterocycles. The molecule has 1 aliphatic heterocycles. The van der Waals surface area contributed by atoms with Crippen LogP contribution in [0, 0.1) is 13.8 Å². The normalized spacial score (nSPS) is 13.0. The minimum absolute atomic E-state index is 0.0829. The zero-order valence-corrected chi connectivity index (χ0v) is 16.5. The van der Waals surface area contributed by atoms with Gasteiger partial charge in [-0.3, -0.25) is 0 Å². The van der Waals surface area contributed by atoms with Crippen LogP contribution in [0.4, 0.5) is 16.2 Å². The molecule has 1 heterocycles. The van der Waals surface area contributed by atoms with Gasteiger partial charge in [-0.05, 0) is 49.8 Å². The number of anilines is 2. The van der Waals surface area contributed by atoms with Gasteiger partial charge in [0.05, 0.1) is 11.4 Å². The Morgan fingerprint density at radius 3 is 2.56 bits per heavy atom. The molecule has 0 saturated carbocycles. The number of urea groups is 1. The SMILES string of the molecule is CCCCCCN1CCc2c(C)cc(C)c(NC(=O)NCCCC)c21. The first-order valence-electron chi connectivity index (χ1n) is 10.0. The van der Waals surface area contributed by atoms with E-state index in [-0.39, 0.29) is 6.03 Å². The van der Waals surface area contributed by atoms with Crippen molar-refractivity contribution in [1.82, 2.24) is 5.32 Å². The zero-order chi connectivity index (χ0) is 18.2. The minimum atomic E-state index is -0.0829. The fraction of sp³-hybridized carbons (Fsp3) is 0.667. The van der Waals surface area contributed by atoms with E-state index in [4.69, 9.17) is 0 Å². The molecule has 0 unspecified atom stereocenters. The van der Waals surface area contributed by atoms with E-state index in [0.717, 1.165) is 50.1 Å². The summed E-state index contributed by atoms with van der Waals surface area (Å²) in [5, 5.41) is 6.11. The van der Waals surface area contributed by atoms with Crippen LogP contribution in [0.15, 0.2) is 6.07 Å². The molecular formula is C21H35N3O. The van der Waals surface area contributed by atoms with E-state index in [0.29, 0.717) is 0 Å². The monoisotopic (exact) mass is 345 g/mol. The van der Waals surface area contributed by atoms with Crippen molar-refractivity contribution < 1.29 is 4.79 Å². The van der Waals surface area contributed by atoms with Gasteiger partial charge in [0, 0.05) is 19.6 Å². The zero-order valence-electron chi connectivity index (χ0n) is 16.5. The van der Waals surface area contributed by atoms with Gasteiger partial charge in [0.1, 0.15) is 0 Å². The second-order valence-electron chi connectivity index (χ2n) is 7.24. The highest BCUT2D eigenvalue weighted by atomic mass is 16.2. The van der Waals surface area contributed by atoms with E-state index >= 15 is 0 Å². The molecule has 0 fully saturated rings. The summed E-state index contributed by atoms with van der Waals surface area (Å²) in [6.07, 6.45) is 8.27. The minimum Gasteiger partial charge on any atom is -0.369 e. The average molecular weight is 346 g/mol. The molecule has 2 amide bonds. The van der Waals surface area contributed by atoms with Crippen LogP contribution in [-0.2, 0) is 6.42 Å². The number of carbonyl (C=O) groups is 1. The molecule has 140 valence electrons. The number of carbonyl (C=O) groups excluding carboxylic acids is 1. The topological polar surface area (TPSA) is 44.4 Å². The highest BCUT2D eigenvalue weighted by molar-refractivity contribution is 5.96. The second kappa shape index (κ2) is 9.69. The van der Waals surface area contributed by atoms with Gasteiger partial charge in [-0.2, -0.15) is 0 Å². The molecular weight excluding hydrogens is 310 g/mol. The Hall–Kier alpha value is -1.71. The van der Waals surface area contributed by atoms with Crippen molar-refractivity contribution >= 4 is 17.4 Å². The Kier molecular flexibility index (Phi) is 7.60. The van der Waals surface area contributed by atoms with Crippen molar-refractivity contribution in [2.24, 2.45) is 0 Å². The van der Waals surface area contributed by atoms with Gasteiger partial charge in [-0.15, -0.1) is 0 Å². The number of aryl methyl sites for hydroxylation is 2. The summed E-state index contributed by atoms with van der Waals surface area (Å²) in [4.78, 5) is 14.8. The van der Waals surface area contributed by atoms with Gasteiger partial charge < -0.3 is 15.5 Å². The molecule has 1 aromatic carbocycles. The Morgan fingerprint density at radius 2 is 1.84 bits per heavy atom. The number of fused-ring (bicyclic) bond motifs is 1. The van der Waals surface area contributed by atoms with E-state index in [2.05, 4.69) is 49.3 Å². The molecule has 0 radical (unpaired) electrons. The first kappa shape index (κ1) is 19.6. The van der Waals surface area contributed by atoms with Gasteiger partial charge in [-0.1, -0.05) is 45.6 Å². The summed E-state index contributed by atoms with van der Waals surface area (Å²) < 4.78 is 0. The van der Waals surface area contributed by atoms with Crippen LogP contribution in [0.2, 0.25) is 0 Å². The first-order valence-corrected chi connectivity index (χ1v) is 10.0. The molecule has 0 aliphatic carbocycles. The number of hydrogen-bond acceptors (Lipinski definition) is 2. The Morgan fingerprint density at radius 1 is 1.08 bits per heavy atom. The van der Waals surface area contributed by atoms with Crippen LogP contribution in [0.25, 0.3) is 0 Å². The smallest absolute Gasteiger partial charge is 0.319 e. The molecule has 2 rings (SSSR count). The lowest BCUT2D eigenvalue weighted by molar-refractivity contribution is 0.252. The van der Waals surface area contributed by atoms with Crippen molar-refractivity contribution in [2.75, 3.05) is 29.9 Å². The van der Waals surface area contributed by atoms with Crippen LogP contribution >= 0.6 is 0 Å². The van der Waals surface area contributed by atoms with E-state index in [1.807, 2.05) is 0 Å². The summed E-state index contributed by atoms with van der Waals surface area (Å²) in [5.41, 5.74) is 6.18. The van der Waals surface area contributed by atoms with Crippen LogP contribution in [0.1, 0.15) is 69.1 Å². The molecule has 0 bridgehead atoms. The molecule has 1 aliphatic rings. The number of unbranched alkanes of at least 4 members (excludes halogenated alkanes) is 4. The molecule has 0 saturated heterocycles. The predicted molar refractivity (Wildman–Crippen MR) is 108 cm³/mol.